The van der Waals surface area contributed by atoms with Gasteiger partial charge < -0.3 is 10.1 Å². The molecule has 1 unspecified atom stereocenters. The summed E-state index contributed by atoms with van der Waals surface area (Å²) in [5.41, 5.74) is 0. The number of hydrogen-bond acceptors (Lipinski definition) is 3. The standard InChI is InChI=1S/C10H21NO2S/c1-5-14-7-9(4)11-10(12)6-13-8(2)3/h8-9H,5-7H2,1-4H3,(H,11,12). The predicted molar refractivity (Wildman–Crippen MR) is 61.7 cm³/mol. The lowest BCUT2D eigenvalue weighted by atomic mass is 10.4. The monoisotopic (exact) mass is 219 g/mol. The van der Waals surface area contributed by atoms with Crippen LogP contribution in [-0.4, -0.2) is 36.2 Å². The Hall–Kier alpha value is -0.220. The lowest BCUT2D eigenvalue weighted by Gasteiger charge is -2.14. The van der Waals surface area contributed by atoms with E-state index in [1.807, 2.05) is 32.5 Å². The fraction of sp³-hybridized carbons (Fsp3) is 0.900. The average Bonchev–Trinajstić information content (AvgIpc) is 2.11. The van der Waals surface area contributed by atoms with Gasteiger partial charge in [0.1, 0.15) is 6.61 Å². The van der Waals surface area contributed by atoms with Crippen LogP contribution in [0.15, 0.2) is 0 Å². The first-order chi connectivity index (χ1) is 6.56. The Morgan fingerprint density at radius 1 is 1.43 bits per heavy atom. The van der Waals surface area contributed by atoms with Crippen molar-refractivity contribution in [2.75, 3.05) is 18.1 Å². The molecule has 84 valence electrons. The van der Waals surface area contributed by atoms with Gasteiger partial charge in [0.05, 0.1) is 6.10 Å². The Morgan fingerprint density at radius 3 is 2.57 bits per heavy atom. The molecule has 0 saturated carbocycles. The molecule has 0 bridgehead atoms. The summed E-state index contributed by atoms with van der Waals surface area (Å²) >= 11 is 1.83. The number of ether oxygens (including phenoxy) is 1. The zero-order chi connectivity index (χ0) is 11.0. The molecular weight excluding hydrogens is 198 g/mol. The Kier molecular flexibility index (Phi) is 7.99. The van der Waals surface area contributed by atoms with E-state index in [4.69, 9.17) is 4.74 Å². The lowest BCUT2D eigenvalue weighted by Crippen LogP contribution is -2.37. The van der Waals surface area contributed by atoms with Crippen LogP contribution in [0, 0.1) is 0 Å². The first-order valence-corrected chi connectivity index (χ1v) is 6.20. The fourth-order valence-electron chi connectivity index (χ4n) is 0.895. The van der Waals surface area contributed by atoms with Gasteiger partial charge in [-0.3, -0.25) is 4.79 Å². The average molecular weight is 219 g/mol. The van der Waals surface area contributed by atoms with Crippen molar-refractivity contribution >= 4 is 17.7 Å². The van der Waals surface area contributed by atoms with Gasteiger partial charge in [-0.1, -0.05) is 6.92 Å². The molecule has 4 heteroatoms. The molecule has 0 aromatic heterocycles. The summed E-state index contributed by atoms with van der Waals surface area (Å²) in [5, 5.41) is 2.89. The Labute approximate surface area is 91.0 Å². The Balaban J connectivity index is 3.50. The van der Waals surface area contributed by atoms with Crippen molar-refractivity contribution in [3.63, 3.8) is 0 Å². The van der Waals surface area contributed by atoms with Crippen LogP contribution < -0.4 is 5.32 Å². The summed E-state index contributed by atoms with van der Waals surface area (Å²) in [6, 6.07) is 0.225. The van der Waals surface area contributed by atoms with Crippen molar-refractivity contribution in [2.45, 2.75) is 39.8 Å². The van der Waals surface area contributed by atoms with E-state index in [0.717, 1.165) is 11.5 Å². The topological polar surface area (TPSA) is 38.3 Å². The van der Waals surface area contributed by atoms with Crippen LogP contribution in [0.1, 0.15) is 27.7 Å². The quantitative estimate of drug-likeness (QED) is 0.708. The summed E-state index contributed by atoms with van der Waals surface area (Å²) in [6.07, 6.45) is 0.112. The van der Waals surface area contributed by atoms with Gasteiger partial charge in [0.2, 0.25) is 5.91 Å². The van der Waals surface area contributed by atoms with E-state index in [1.54, 1.807) is 0 Å². The highest BCUT2D eigenvalue weighted by Gasteiger charge is 2.07. The van der Waals surface area contributed by atoms with Crippen molar-refractivity contribution in [1.82, 2.24) is 5.32 Å². The maximum Gasteiger partial charge on any atom is 0.246 e. The van der Waals surface area contributed by atoms with Crippen LogP contribution in [0.2, 0.25) is 0 Å². The minimum atomic E-state index is -0.0251. The number of thioether (sulfide) groups is 1. The predicted octanol–water partition coefficient (Wildman–Crippen LogP) is 1.67. The lowest BCUT2D eigenvalue weighted by molar-refractivity contribution is -0.127. The third-order valence-electron chi connectivity index (χ3n) is 1.53. The minimum absolute atomic E-state index is 0.0251. The molecule has 1 amide bonds. The summed E-state index contributed by atoms with van der Waals surface area (Å²) in [7, 11) is 0. The van der Waals surface area contributed by atoms with E-state index in [0.29, 0.717) is 0 Å². The van der Waals surface area contributed by atoms with Gasteiger partial charge in [0, 0.05) is 11.8 Å². The largest absolute Gasteiger partial charge is 0.369 e. The number of nitrogens with one attached hydrogen (secondary N) is 1. The molecule has 0 aromatic rings. The first kappa shape index (κ1) is 13.8. The van der Waals surface area contributed by atoms with Crippen molar-refractivity contribution in [2.24, 2.45) is 0 Å². The van der Waals surface area contributed by atoms with E-state index in [1.165, 1.54) is 0 Å². The van der Waals surface area contributed by atoms with E-state index < -0.39 is 0 Å². The second-order valence-corrected chi connectivity index (χ2v) is 4.81. The molecule has 1 N–H and O–H groups in total. The fourth-order valence-corrected chi connectivity index (χ4v) is 1.57. The molecular formula is C10H21NO2S. The third kappa shape index (κ3) is 8.38. The molecule has 0 fully saturated rings. The van der Waals surface area contributed by atoms with E-state index in [-0.39, 0.29) is 24.7 Å². The SMILES string of the molecule is CCSCC(C)NC(=O)COC(C)C. The molecule has 0 rings (SSSR count). The number of amides is 1. The van der Waals surface area contributed by atoms with Crippen LogP contribution in [0.5, 0.6) is 0 Å². The molecule has 0 aliphatic heterocycles. The molecule has 14 heavy (non-hydrogen) atoms. The highest BCUT2D eigenvalue weighted by Crippen LogP contribution is 2.01. The van der Waals surface area contributed by atoms with Gasteiger partial charge in [0.25, 0.3) is 0 Å². The number of hydrogen-bond donors (Lipinski definition) is 1. The van der Waals surface area contributed by atoms with Crippen molar-refractivity contribution in [1.29, 1.82) is 0 Å². The highest BCUT2D eigenvalue weighted by atomic mass is 32.2. The molecule has 0 spiro atoms. The molecule has 1 atom stereocenters. The van der Waals surface area contributed by atoms with Gasteiger partial charge in [-0.15, -0.1) is 0 Å². The van der Waals surface area contributed by atoms with Gasteiger partial charge in [0.15, 0.2) is 0 Å². The van der Waals surface area contributed by atoms with Gasteiger partial charge in [-0.2, -0.15) is 11.8 Å². The van der Waals surface area contributed by atoms with Crippen LogP contribution in [0.4, 0.5) is 0 Å². The first-order valence-electron chi connectivity index (χ1n) is 5.05. The van der Waals surface area contributed by atoms with Crippen molar-refractivity contribution in [3.8, 4) is 0 Å². The van der Waals surface area contributed by atoms with Crippen LogP contribution in [-0.2, 0) is 9.53 Å². The van der Waals surface area contributed by atoms with Crippen molar-refractivity contribution < 1.29 is 9.53 Å². The molecule has 3 nitrogen and oxygen atoms in total. The zero-order valence-corrected chi connectivity index (χ0v) is 10.3. The number of carbonyl (C=O) groups is 1. The van der Waals surface area contributed by atoms with Gasteiger partial charge in [-0.05, 0) is 26.5 Å². The second kappa shape index (κ2) is 8.12. The number of rotatable bonds is 7. The second-order valence-electron chi connectivity index (χ2n) is 3.49. The van der Waals surface area contributed by atoms with Crippen LogP contribution in [0.25, 0.3) is 0 Å². The molecule has 0 radical (unpaired) electrons. The molecule has 0 aliphatic rings. The zero-order valence-electron chi connectivity index (χ0n) is 9.50. The van der Waals surface area contributed by atoms with Crippen LogP contribution in [0.3, 0.4) is 0 Å². The Bertz CT molecular complexity index is 162. The summed E-state index contributed by atoms with van der Waals surface area (Å²) < 4.78 is 5.19. The smallest absolute Gasteiger partial charge is 0.246 e. The minimum Gasteiger partial charge on any atom is -0.369 e. The summed E-state index contributed by atoms with van der Waals surface area (Å²) in [6.45, 7) is 8.13. The molecule has 0 aliphatic carbocycles. The van der Waals surface area contributed by atoms with E-state index in [9.17, 15) is 4.79 Å². The maximum absolute atomic E-state index is 11.3. The van der Waals surface area contributed by atoms with Crippen LogP contribution >= 0.6 is 11.8 Å². The maximum atomic E-state index is 11.3. The summed E-state index contributed by atoms with van der Waals surface area (Å²) in [4.78, 5) is 11.3. The molecule has 0 saturated heterocycles. The number of carbonyl (C=O) groups excluding carboxylic acids is 1. The molecule has 0 aromatic carbocycles. The highest BCUT2D eigenvalue weighted by molar-refractivity contribution is 7.99. The van der Waals surface area contributed by atoms with E-state index in [2.05, 4.69) is 12.2 Å². The van der Waals surface area contributed by atoms with Crippen molar-refractivity contribution in [3.05, 3.63) is 0 Å². The summed E-state index contributed by atoms with van der Waals surface area (Å²) in [5.74, 6) is 2.02. The van der Waals surface area contributed by atoms with Gasteiger partial charge in [-0.25, -0.2) is 0 Å². The third-order valence-corrected chi connectivity index (χ3v) is 2.67. The van der Waals surface area contributed by atoms with E-state index >= 15 is 0 Å². The Morgan fingerprint density at radius 2 is 2.07 bits per heavy atom. The normalized spacial score (nSPS) is 12.9. The molecule has 0 heterocycles. The van der Waals surface area contributed by atoms with Gasteiger partial charge >= 0.3 is 0 Å².